The Labute approximate surface area is 254 Å². The molecule has 1 aromatic rings. The van der Waals surface area contributed by atoms with Crippen molar-refractivity contribution < 1.29 is 37.1 Å². The van der Waals surface area contributed by atoms with Gasteiger partial charge in [-0.1, -0.05) is 6.08 Å². The van der Waals surface area contributed by atoms with Crippen LogP contribution in [-0.2, 0) is 23.5 Å². The molecule has 5 atom stereocenters. The lowest BCUT2D eigenvalue weighted by atomic mass is 9.68. The molecule has 43 heavy (non-hydrogen) atoms. The second kappa shape index (κ2) is 12.1. The number of nitrogens with one attached hydrogen (secondary N) is 1. The third kappa shape index (κ3) is 7.44. The summed E-state index contributed by atoms with van der Waals surface area (Å²) in [6.45, 7) is 15.4. The molecule has 3 heterocycles. The number of amides is 1. The molecule has 0 bridgehead atoms. The number of benzene rings is 1. The van der Waals surface area contributed by atoms with Crippen LogP contribution >= 0.6 is 0 Å². The minimum Gasteiger partial charge on any atom is -0.489 e. The van der Waals surface area contributed by atoms with Gasteiger partial charge in [-0.05, 0) is 98.1 Å². The molecule has 0 aromatic heterocycles. The zero-order valence-corrected chi connectivity index (χ0v) is 26.3. The monoisotopic (exact) mass is 602 g/mol. The molecule has 11 heteroatoms. The Morgan fingerprint density at radius 1 is 1.14 bits per heavy atom. The lowest BCUT2D eigenvalue weighted by Gasteiger charge is -2.40. The maximum Gasteiger partial charge on any atom is 0.465 e. The zero-order valence-electron chi connectivity index (χ0n) is 26.3. The van der Waals surface area contributed by atoms with Crippen LogP contribution in [0.3, 0.4) is 0 Å². The van der Waals surface area contributed by atoms with E-state index in [0.717, 1.165) is 43.3 Å². The van der Waals surface area contributed by atoms with E-state index >= 15 is 0 Å². The zero-order chi connectivity index (χ0) is 31.2. The van der Waals surface area contributed by atoms with Crippen LogP contribution in [0.15, 0.2) is 42.2 Å². The van der Waals surface area contributed by atoms with Gasteiger partial charge >= 0.3 is 13.2 Å². The van der Waals surface area contributed by atoms with E-state index in [4.69, 9.17) is 23.5 Å². The van der Waals surface area contributed by atoms with Crippen molar-refractivity contribution in [2.45, 2.75) is 115 Å². The first-order chi connectivity index (χ1) is 20.1. The molecule has 0 spiro atoms. The highest BCUT2D eigenvalue weighted by Crippen LogP contribution is 2.42. The molecule has 0 saturated carbocycles. The fraction of sp³-hybridized carbons (Fsp3) is 0.656. The van der Waals surface area contributed by atoms with Crippen LogP contribution < -0.4 is 5.32 Å². The van der Waals surface area contributed by atoms with Crippen molar-refractivity contribution in [3.8, 4) is 0 Å². The largest absolute Gasteiger partial charge is 0.489 e. The van der Waals surface area contributed by atoms with E-state index in [1.165, 1.54) is 0 Å². The molecule has 4 aliphatic rings. The van der Waals surface area contributed by atoms with Crippen LogP contribution in [-0.4, -0.2) is 72.8 Å². The molecule has 8 nitrogen and oxygen atoms in total. The summed E-state index contributed by atoms with van der Waals surface area (Å²) in [5.41, 5.74) is -1.36. The normalized spacial score (nSPS) is 30.7. The number of ether oxygens (including phenoxy) is 3. The summed E-state index contributed by atoms with van der Waals surface area (Å²) in [5.74, 6) is -0.181. The Bertz CT molecular complexity index is 1230. The Morgan fingerprint density at radius 2 is 1.86 bits per heavy atom. The summed E-state index contributed by atoms with van der Waals surface area (Å²) in [7, 11) is -0.292. The molecule has 3 saturated heterocycles. The van der Waals surface area contributed by atoms with Gasteiger partial charge in [0.25, 0.3) is 0 Å². The highest BCUT2D eigenvalue weighted by Gasteiger charge is 2.53. The highest BCUT2D eigenvalue weighted by atomic mass is 19.1. The standard InChI is InChI=1S/C32H45BF2N2O6/c1-30(2,3)41-29(38)36-27-17-22(19-39-28(27)25-16-21(34)10-13-26(25)35)37-15-14-24(18-37)40-23-11-8-20(9-12-23)33-42-31(4,5)32(6,7)43-33/h8,10-13,16,20,22,24,27-28H,9,14-15,17-19H2,1-7H3,(H,36,38)/t20?,22-,24-,27+,28-/m1/s1. The second-order valence-corrected chi connectivity index (χ2v) is 14.1. The molecular weight excluding hydrogens is 557 g/mol. The first-order valence-electron chi connectivity index (χ1n) is 15.3. The van der Waals surface area contributed by atoms with Crippen molar-refractivity contribution in [2.75, 3.05) is 19.7 Å². The molecule has 0 radical (unpaired) electrons. The number of carbonyl (C=O) groups is 1. The van der Waals surface area contributed by atoms with E-state index in [9.17, 15) is 13.6 Å². The lowest BCUT2D eigenvalue weighted by molar-refractivity contribution is -0.0591. The van der Waals surface area contributed by atoms with Crippen molar-refractivity contribution in [1.29, 1.82) is 0 Å². The second-order valence-electron chi connectivity index (χ2n) is 14.1. The minimum absolute atomic E-state index is 0.0000469. The number of carbonyl (C=O) groups excluding carboxylic acids is 1. The van der Waals surface area contributed by atoms with Crippen LogP contribution in [0.5, 0.6) is 0 Å². The molecular formula is C32H45BF2N2O6. The first-order valence-corrected chi connectivity index (χ1v) is 15.3. The summed E-state index contributed by atoms with van der Waals surface area (Å²) >= 11 is 0. The van der Waals surface area contributed by atoms with Gasteiger partial charge < -0.3 is 28.8 Å². The van der Waals surface area contributed by atoms with Gasteiger partial charge in [-0.25, -0.2) is 13.6 Å². The number of nitrogens with zero attached hydrogens (tertiary/aromatic N) is 1. The predicted molar refractivity (Wildman–Crippen MR) is 159 cm³/mol. The highest BCUT2D eigenvalue weighted by molar-refractivity contribution is 6.48. The molecule has 1 amide bonds. The van der Waals surface area contributed by atoms with Crippen molar-refractivity contribution >= 4 is 13.2 Å². The SMILES string of the molecule is CC(C)(C)OC(=O)N[C@H]1C[C@@H](N2CC[C@@H](OC3=CCC(B4OC(C)(C)C(C)(C)O4)C=C3)C2)CO[C@@H]1c1cc(F)ccc1F. The van der Waals surface area contributed by atoms with Crippen LogP contribution in [0.2, 0.25) is 5.82 Å². The minimum atomic E-state index is -0.844. The van der Waals surface area contributed by atoms with Gasteiger partial charge in [-0.3, -0.25) is 4.90 Å². The quantitative estimate of drug-likeness (QED) is 0.395. The maximum atomic E-state index is 14.7. The Balaban J connectivity index is 1.18. The average molecular weight is 603 g/mol. The van der Waals surface area contributed by atoms with Crippen LogP contribution in [0.25, 0.3) is 0 Å². The maximum absolute atomic E-state index is 14.7. The Hall–Kier alpha value is -2.47. The molecule has 1 aliphatic carbocycles. The molecule has 3 fully saturated rings. The van der Waals surface area contributed by atoms with E-state index in [1.54, 1.807) is 20.8 Å². The smallest absolute Gasteiger partial charge is 0.465 e. The van der Waals surface area contributed by atoms with Gasteiger partial charge in [0.2, 0.25) is 0 Å². The predicted octanol–water partition coefficient (Wildman–Crippen LogP) is 6.09. The Morgan fingerprint density at radius 3 is 2.51 bits per heavy atom. The number of hydrogen-bond donors (Lipinski definition) is 1. The number of rotatable bonds is 6. The summed E-state index contributed by atoms with van der Waals surface area (Å²) in [6.07, 6.45) is 6.85. The molecule has 3 aliphatic heterocycles. The van der Waals surface area contributed by atoms with E-state index in [2.05, 4.69) is 50.1 Å². The fourth-order valence-corrected chi connectivity index (χ4v) is 6.05. The lowest BCUT2D eigenvalue weighted by Crippen LogP contribution is -2.52. The van der Waals surface area contributed by atoms with Crippen LogP contribution in [0.4, 0.5) is 13.6 Å². The first kappa shape index (κ1) is 31.9. The van der Waals surface area contributed by atoms with E-state index in [1.807, 2.05) is 6.08 Å². The number of likely N-dealkylation sites (tertiary alicyclic amines) is 1. The Kier molecular flexibility index (Phi) is 9.02. The number of allylic oxidation sites excluding steroid dienone is 3. The summed E-state index contributed by atoms with van der Waals surface area (Å²) < 4.78 is 59.2. The van der Waals surface area contributed by atoms with Crippen molar-refractivity contribution in [3.63, 3.8) is 0 Å². The van der Waals surface area contributed by atoms with Crippen molar-refractivity contribution in [3.05, 3.63) is 59.4 Å². The molecule has 5 rings (SSSR count). The topological polar surface area (TPSA) is 78.5 Å². The molecule has 1 aromatic carbocycles. The molecule has 236 valence electrons. The third-order valence-corrected chi connectivity index (χ3v) is 9.04. The summed E-state index contributed by atoms with van der Waals surface area (Å²) in [4.78, 5) is 15.0. The van der Waals surface area contributed by atoms with E-state index in [-0.39, 0.29) is 41.8 Å². The van der Waals surface area contributed by atoms with Gasteiger partial charge in [0.05, 0.1) is 23.9 Å². The van der Waals surface area contributed by atoms with Gasteiger partial charge in [0, 0.05) is 30.5 Å². The van der Waals surface area contributed by atoms with E-state index in [0.29, 0.717) is 19.6 Å². The summed E-state index contributed by atoms with van der Waals surface area (Å²) in [6, 6.07) is 2.64. The number of hydrogen-bond acceptors (Lipinski definition) is 7. The van der Waals surface area contributed by atoms with Crippen molar-refractivity contribution in [2.24, 2.45) is 0 Å². The van der Waals surface area contributed by atoms with E-state index < -0.39 is 35.5 Å². The molecule has 1 unspecified atom stereocenters. The van der Waals surface area contributed by atoms with Gasteiger partial charge in [-0.15, -0.1) is 0 Å². The van der Waals surface area contributed by atoms with Crippen molar-refractivity contribution in [1.82, 2.24) is 10.2 Å². The number of halogens is 2. The average Bonchev–Trinajstić information content (AvgIpc) is 3.45. The number of alkyl carbamates (subject to hydrolysis) is 1. The summed E-state index contributed by atoms with van der Waals surface area (Å²) in [5, 5.41) is 2.87. The van der Waals surface area contributed by atoms with Gasteiger partial charge in [0.15, 0.2) is 0 Å². The van der Waals surface area contributed by atoms with Crippen LogP contribution in [0, 0.1) is 11.6 Å². The molecule has 1 N–H and O–H groups in total. The van der Waals surface area contributed by atoms with Gasteiger partial charge in [0.1, 0.15) is 35.2 Å². The fourth-order valence-electron chi connectivity index (χ4n) is 6.05. The van der Waals surface area contributed by atoms with Gasteiger partial charge in [-0.2, -0.15) is 0 Å². The van der Waals surface area contributed by atoms with Crippen LogP contribution in [0.1, 0.15) is 79.4 Å². The third-order valence-electron chi connectivity index (χ3n) is 9.04.